The molecule has 0 unspecified atom stereocenters. The van der Waals surface area contributed by atoms with Gasteiger partial charge >= 0.3 is 0 Å². The number of aromatic nitrogens is 1. The number of nitrogens with two attached hydrogens (primary N) is 1. The van der Waals surface area contributed by atoms with Crippen molar-refractivity contribution in [3.05, 3.63) is 23.3 Å². The van der Waals surface area contributed by atoms with Gasteiger partial charge in [-0.2, -0.15) is 4.39 Å². The van der Waals surface area contributed by atoms with Crippen LogP contribution in [-0.4, -0.2) is 10.1 Å². The molecule has 3 nitrogen and oxygen atoms in total. The van der Waals surface area contributed by atoms with Crippen LogP contribution in [0.25, 0.3) is 0 Å². The molecule has 72 valence electrons. The zero-order valence-electron chi connectivity index (χ0n) is 6.47. The molecular weight excluding hydrogens is 185 g/mol. The van der Waals surface area contributed by atoms with Gasteiger partial charge in [-0.15, -0.1) is 0 Å². The number of hydrogen-bond donors (Lipinski definition) is 2. The van der Waals surface area contributed by atoms with E-state index in [0.29, 0.717) is 0 Å². The summed E-state index contributed by atoms with van der Waals surface area (Å²) in [5.41, 5.74) is 3.65. The summed E-state index contributed by atoms with van der Waals surface area (Å²) >= 11 is 0. The van der Waals surface area contributed by atoms with E-state index in [1.165, 1.54) is 0 Å². The molecule has 0 amide bonds. The summed E-state index contributed by atoms with van der Waals surface area (Å²) in [7, 11) is 0. The van der Waals surface area contributed by atoms with E-state index < -0.39 is 30.2 Å². The maximum atomic E-state index is 12.6. The minimum absolute atomic E-state index is 0.387. The molecule has 0 saturated heterocycles. The summed E-state index contributed by atoms with van der Waals surface area (Å²) in [6.45, 7) is -0.739. The summed E-state index contributed by atoms with van der Waals surface area (Å²) in [6.07, 6.45) is -2.82. The Morgan fingerprint density at radius 2 is 2.15 bits per heavy atom. The number of aliphatic hydroxyl groups is 1. The summed E-state index contributed by atoms with van der Waals surface area (Å²) in [5, 5.41) is 8.58. The van der Waals surface area contributed by atoms with Gasteiger partial charge in [-0.25, -0.2) is 13.8 Å². The lowest BCUT2D eigenvalue weighted by Gasteiger charge is -2.06. The summed E-state index contributed by atoms with van der Waals surface area (Å²) in [6, 6.07) is 0.776. The molecule has 0 atom stereocenters. The summed E-state index contributed by atoms with van der Waals surface area (Å²) in [4.78, 5) is 3.09. The molecule has 0 aliphatic heterocycles. The topological polar surface area (TPSA) is 59.1 Å². The fourth-order valence-electron chi connectivity index (χ4n) is 0.874. The predicted octanol–water partition coefficient (Wildman–Crippen LogP) is 1.23. The molecule has 0 bridgehead atoms. The second-order valence-electron chi connectivity index (χ2n) is 2.36. The Morgan fingerprint density at radius 1 is 1.54 bits per heavy atom. The fourth-order valence-corrected chi connectivity index (χ4v) is 0.874. The van der Waals surface area contributed by atoms with E-state index in [1.54, 1.807) is 0 Å². The van der Waals surface area contributed by atoms with E-state index in [2.05, 4.69) is 4.98 Å². The number of anilines is 1. The van der Waals surface area contributed by atoms with Gasteiger partial charge in [0.1, 0.15) is 0 Å². The molecule has 0 aliphatic carbocycles. The monoisotopic (exact) mass is 192 g/mol. The standard InChI is InChI=1S/C7H7F3N2O/c8-6(9)3-1-4(11)7(10)12-5(3)2-13/h1,6,13H,2,11H2. The normalized spacial score (nSPS) is 10.8. The number of halogens is 3. The first kappa shape index (κ1) is 9.79. The van der Waals surface area contributed by atoms with Crippen LogP contribution in [0, 0.1) is 5.95 Å². The van der Waals surface area contributed by atoms with Crippen LogP contribution < -0.4 is 5.73 Å². The average molecular weight is 192 g/mol. The molecule has 0 aromatic carbocycles. The van der Waals surface area contributed by atoms with Crippen molar-refractivity contribution < 1.29 is 18.3 Å². The van der Waals surface area contributed by atoms with Gasteiger partial charge < -0.3 is 10.8 Å². The van der Waals surface area contributed by atoms with Gasteiger partial charge in [0.2, 0.25) is 5.95 Å². The molecule has 1 rings (SSSR count). The van der Waals surface area contributed by atoms with Gasteiger partial charge in [0.15, 0.2) is 0 Å². The molecule has 1 heterocycles. The summed E-state index contributed by atoms with van der Waals surface area (Å²) in [5.74, 6) is -1.05. The van der Waals surface area contributed by atoms with Gasteiger partial charge in [0, 0.05) is 5.56 Å². The van der Waals surface area contributed by atoms with Gasteiger partial charge in [0.05, 0.1) is 18.0 Å². The molecule has 1 aromatic rings. The second-order valence-corrected chi connectivity index (χ2v) is 2.36. The van der Waals surface area contributed by atoms with Crippen molar-refractivity contribution in [3.63, 3.8) is 0 Å². The zero-order chi connectivity index (χ0) is 10.0. The van der Waals surface area contributed by atoms with E-state index in [-0.39, 0.29) is 5.69 Å². The van der Waals surface area contributed by atoms with Crippen molar-refractivity contribution in [2.45, 2.75) is 13.0 Å². The highest BCUT2D eigenvalue weighted by Crippen LogP contribution is 2.24. The Labute approximate surface area is 72.0 Å². The molecule has 0 fully saturated rings. The van der Waals surface area contributed by atoms with E-state index in [9.17, 15) is 13.2 Å². The highest BCUT2D eigenvalue weighted by atomic mass is 19.3. The van der Waals surface area contributed by atoms with E-state index in [1.807, 2.05) is 0 Å². The van der Waals surface area contributed by atoms with Crippen LogP contribution in [0.2, 0.25) is 0 Å². The third-order valence-electron chi connectivity index (χ3n) is 1.50. The average Bonchev–Trinajstić information content (AvgIpc) is 2.08. The zero-order valence-corrected chi connectivity index (χ0v) is 6.47. The Kier molecular flexibility index (Phi) is 2.72. The van der Waals surface area contributed by atoms with Crippen LogP contribution >= 0.6 is 0 Å². The lowest BCUT2D eigenvalue weighted by molar-refractivity contribution is 0.146. The SMILES string of the molecule is Nc1cc(C(F)F)c(CO)nc1F. The Hall–Kier alpha value is -1.30. The summed E-state index contributed by atoms with van der Waals surface area (Å²) < 4.78 is 37.0. The largest absolute Gasteiger partial charge is 0.395 e. The number of aliphatic hydroxyl groups excluding tert-OH is 1. The van der Waals surface area contributed by atoms with Crippen molar-refractivity contribution in [1.29, 1.82) is 0 Å². The van der Waals surface area contributed by atoms with Crippen molar-refractivity contribution in [3.8, 4) is 0 Å². The third-order valence-corrected chi connectivity index (χ3v) is 1.50. The van der Waals surface area contributed by atoms with Crippen LogP contribution in [0.1, 0.15) is 17.7 Å². The van der Waals surface area contributed by atoms with Crippen molar-refractivity contribution in [1.82, 2.24) is 4.98 Å². The van der Waals surface area contributed by atoms with Gasteiger partial charge in [-0.3, -0.25) is 0 Å². The van der Waals surface area contributed by atoms with Crippen molar-refractivity contribution in [2.75, 3.05) is 5.73 Å². The fraction of sp³-hybridized carbons (Fsp3) is 0.286. The minimum atomic E-state index is -2.82. The minimum Gasteiger partial charge on any atom is -0.395 e. The van der Waals surface area contributed by atoms with E-state index >= 15 is 0 Å². The van der Waals surface area contributed by atoms with Crippen LogP contribution in [0.4, 0.5) is 18.9 Å². The number of pyridine rings is 1. The Bertz CT molecular complexity index is 317. The molecule has 13 heavy (non-hydrogen) atoms. The van der Waals surface area contributed by atoms with Crippen LogP contribution in [0.15, 0.2) is 6.07 Å². The number of rotatable bonds is 2. The second kappa shape index (κ2) is 3.61. The molecule has 0 spiro atoms. The van der Waals surface area contributed by atoms with E-state index in [0.717, 1.165) is 6.07 Å². The van der Waals surface area contributed by atoms with Crippen LogP contribution in [-0.2, 0) is 6.61 Å². The molecule has 0 saturated carbocycles. The molecule has 0 aliphatic rings. The number of nitrogens with zero attached hydrogens (tertiary/aromatic N) is 1. The highest BCUT2D eigenvalue weighted by Gasteiger charge is 2.16. The lowest BCUT2D eigenvalue weighted by Crippen LogP contribution is -2.04. The first-order valence-electron chi connectivity index (χ1n) is 3.40. The molecule has 6 heteroatoms. The number of alkyl halides is 2. The van der Waals surface area contributed by atoms with Crippen LogP contribution in [0.3, 0.4) is 0 Å². The van der Waals surface area contributed by atoms with Gasteiger partial charge in [-0.1, -0.05) is 0 Å². The highest BCUT2D eigenvalue weighted by molar-refractivity contribution is 5.41. The quantitative estimate of drug-likeness (QED) is 0.693. The van der Waals surface area contributed by atoms with Crippen LogP contribution in [0.5, 0.6) is 0 Å². The molecule has 1 aromatic heterocycles. The van der Waals surface area contributed by atoms with E-state index in [4.69, 9.17) is 10.8 Å². The molecule has 3 N–H and O–H groups in total. The first-order valence-corrected chi connectivity index (χ1v) is 3.40. The maximum absolute atomic E-state index is 12.6. The molecular formula is C7H7F3N2O. The number of hydrogen-bond acceptors (Lipinski definition) is 3. The van der Waals surface area contributed by atoms with Gasteiger partial charge in [-0.05, 0) is 6.07 Å². The lowest BCUT2D eigenvalue weighted by atomic mass is 10.2. The Morgan fingerprint density at radius 3 is 2.62 bits per heavy atom. The first-order chi connectivity index (χ1) is 6.06. The maximum Gasteiger partial charge on any atom is 0.265 e. The number of nitrogen functional groups attached to an aromatic ring is 1. The van der Waals surface area contributed by atoms with Crippen molar-refractivity contribution in [2.24, 2.45) is 0 Å². The molecule has 0 radical (unpaired) electrons. The van der Waals surface area contributed by atoms with Crippen molar-refractivity contribution >= 4 is 5.69 Å². The Balaban J connectivity index is 3.25. The third kappa shape index (κ3) is 1.89. The predicted molar refractivity (Wildman–Crippen MR) is 39.5 cm³/mol. The smallest absolute Gasteiger partial charge is 0.265 e. The van der Waals surface area contributed by atoms with Gasteiger partial charge in [0.25, 0.3) is 6.43 Å².